The molecule has 6 aromatic heterocycles. The van der Waals surface area contributed by atoms with Crippen LogP contribution < -0.4 is 73.9 Å². The van der Waals surface area contributed by atoms with Crippen LogP contribution in [0.15, 0.2) is 102 Å². The van der Waals surface area contributed by atoms with Crippen molar-refractivity contribution < 1.29 is 0 Å². The molecule has 0 spiro atoms. The van der Waals surface area contributed by atoms with E-state index in [9.17, 15) is 39.3 Å². The maximum absolute atomic E-state index is 12.9. The minimum absolute atomic E-state index is 0.0376. The van der Waals surface area contributed by atoms with E-state index in [1.807, 2.05) is 42.5 Å². The molecule has 9 rings (SSSR count). The van der Waals surface area contributed by atoms with Gasteiger partial charge in [-0.15, -0.1) is 0 Å². The molecule has 0 aliphatic heterocycles. The fourth-order valence-corrected chi connectivity index (χ4v) is 8.97. The molecule has 0 unspecified atom stereocenters. The van der Waals surface area contributed by atoms with E-state index in [-0.39, 0.29) is 76.9 Å². The lowest BCUT2D eigenvalue weighted by atomic mass is 9.93. The van der Waals surface area contributed by atoms with E-state index < -0.39 is 33.7 Å². The van der Waals surface area contributed by atoms with Gasteiger partial charge in [0.05, 0.1) is 27.8 Å². The maximum Gasteiger partial charge on any atom is 0.332 e. The number of rotatable bonds is 7. The highest BCUT2D eigenvalue weighted by Gasteiger charge is 2.25. The summed E-state index contributed by atoms with van der Waals surface area (Å²) in [4.78, 5) is 87.7. The zero-order valence-electron chi connectivity index (χ0n) is 41.7. The van der Waals surface area contributed by atoms with Gasteiger partial charge in [-0.1, -0.05) is 66.7 Å². The number of aromatic nitrogens is 9. The number of hydrogen-bond donors (Lipinski definition) is 7. The zero-order chi connectivity index (χ0) is 54.9. The molecule has 0 radical (unpaired) electrons. The van der Waals surface area contributed by atoms with Crippen molar-refractivity contribution in [2.75, 3.05) is 17.2 Å². The monoisotopic (exact) mass is 1010 g/mol. The molecular weight excluding hydrogens is 961 g/mol. The van der Waals surface area contributed by atoms with Crippen molar-refractivity contribution in [3.05, 3.63) is 169 Å². The van der Waals surface area contributed by atoms with Crippen molar-refractivity contribution in [2.24, 2.45) is 65.2 Å². The molecule has 75 heavy (non-hydrogen) atoms. The summed E-state index contributed by atoms with van der Waals surface area (Å²) in [5, 5.41) is 19.7. The molecule has 14 N–H and O–H groups in total. The number of anilines is 3. The fraction of sp³-hybridized carbons (Fsp3) is 0.196. The Kier molecular flexibility index (Phi) is 14.9. The standard InChI is InChI=1S/C17H20N6O2.2C17H16N6O2/c3*1-22-15-13(16(24)23(2)17(22)25)12(11(8-19)14(20)21-15)10-6-4-3-5-9(10)7-18/h3-6H,7-8,18-19H2,1-2H3,(H2,20,21);3-6H,8,19H2,1-2H3,(H2,20,21);3-6H,7,18H2,1-2H3,(H2,20,21). The van der Waals surface area contributed by atoms with E-state index >= 15 is 0 Å². The summed E-state index contributed by atoms with van der Waals surface area (Å²) in [5.41, 5.74) is 45.4. The lowest BCUT2D eigenvalue weighted by Gasteiger charge is -2.18. The number of aryl methyl sites for hydroxylation is 3. The summed E-state index contributed by atoms with van der Waals surface area (Å²) in [5.74, 6) is 0.279. The highest BCUT2D eigenvalue weighted by molar-refractivity contribution is 6.00. The molecule has 0 atom stereocenters. The van der Waals surface area contributed by atoms with Crippen molar-refractivity contribution >= 4 is 50.6 Å². The Hall–Kier alpha value is -9.85. The summed E-state index contributed by atoms with van der Waals surface area (Å²) >= 11 is 0. The van der Waals surface area contributed by atoms with Gasteiger partial charge < -0.3 is 40.1 Å². The Morgan fingerprint density at radius 1 is 0.427 bits per heavy atom. The third kappa shape index (κ3) is 8.87. The van der Waals surface area contributed by atoms with Crippen LogP contribution in [0.4, 0.5) is 17.5 Å². The molecule has 0 bridgehead atoms. The van der Waals surface area contributed by atoms with Crippen molar-refractivity contribution in [3.8, 4) is 45.5 Å². The molecule has 24 heteroatoms. The predicted molar refractivity (Wildman–Crippen MR) is 287 cm³/mol. The molecule has 9 aromatic rings. The van der Waals surface area contributed by atoms with E-state index in [1.54, 1.807) is 43.4 Å². The van der Waals surface area contributed by atoms with Gasteiger partial charge in [-0.3, -0.25) is 41.8 Å². The van der Waals surface area contributed by atoms with Gasteiger partial charge in [-0.2, -0.15) is 10.5 Å². The summed E-state index contributed by atoms with van der Waals surface area (Å²) in [6.07, 6.45) is 0. The van der Waals surface area contributed by atoms with Crippen LogP contribution in [0.2, 0.25) is 0 Å². The molecule has 0 saturated carbocycles. The van der Waals surface area contributed by atoms with E-state index in [0.29, 0.717) is 49.9 Å². The van der Waals surface area contributed by atoms with Gasteiger partial charge in [0.1, 0.15) is 29.1 Å². The third-order valence-corrected chi connectivity index (χ3v) is 12.9. The van der Waals surface area contributed by atoms with Gasteiger partial charge in [0.2, 0.25) is 0 Å². The van der Waals surface area contributed by atoms with Gasteiger partial charge in [-0.25, -0.2) is 29.3 Å². The lowest BCUT2D eigenvalue weighted by Crippen LogP contribution is -2.38. The van der Waals surface area contributed by atoms with Gasteiger partial charge >= 0.3 is 17.1 Å². The zero-order valence-corrected chi connectivity index (χ0v) is 41.7. The second-order valence-electron chi connectivity index (χ2n) is 17.1. The second kappa shape index (κ2) is 21.1. The van der Waals surface area contributed by atoms with Crippen molar-refractivity contribution in [3.63, 3.8) is 0 Å². The van der Waals surface area contributed by atoms with Crippen LogP contribution in [0, 0.1) is 22.7 Å². The SMILES string of the molecule is Cn1c(=O)c2c(-c3ccccc3C#N)c(CN)c(N)nc2n(C)c1=O.Cn1c(=O)c2c(-c3ccccc3CN)c(C#N)c(N)nc2n(C)c1=O.Cn1c(=O)c2c(-c3ccccc3CN)c(CN)c(N)nc2n(C)c1=O. The summed E-state index contributed by atoms with van der Waals surface area (Å²) < 4.78 is 6.83. The smallest absolute Gasteiger partial charge is 0.332 e. The first-order chi connectivity index (χ1) is 35.8. The normalized spacial score (nSPS) is 10.9. The minimum Gasteiger partial charge on any atom is -0.383 e. The average molecular weight is 1010 g/mol. The minimum atomic E-state index is -0.538. The molecule has 24 nitrogen and oxygen atoms in total. The number of nitrogens with two attached hydrogens (primary N) is 7. The van der Waals surface area contributed by atoms with E-state index in [4.69, 9.17) is 40.1 Å². The number of hydrogen-bond acceptors (Lipinski definition) is 18. The molecule has 0 fully saturated rings. The van der Waals surface area contributed by atoms with Crippen molar-refractivity contribution in [2.45, 2.75) is 26.2 Å². The average Bonchev–Trinajstić information content (AvgIpc) is 3.44. The molecule has 0 amide bonds. The number of nitrogen functional groups attached to an aromatic ring is 3. The predicted octanol–water partition coefficient (Wildman–Crippen LogP) is 0.222. The Balaban J connectivity index is 0.000000164. The molecule has 0 aliphatic carbocycles. The largest absolute Gasteiger partial charge is 0.383 e. The topological polar surface area (TPSA) is 400 Å². The number of nitriles is 2. The first-order valence-electron chi connectivity index (χ1n) is 22.8. The van der Waals surface area contributed by atoms with E-state index in [2.05, 4.69) is 21.0 Å². The number of nitrogens with zero attached hydrogens (tertiary/aromatic N) is 11. The van der Waals surface area contributed by atoms with Crippen LogP contribution in [0.25, 0.3) is 66.5 Å². The number of benzene rings is 3. The second-order valence-corrected chi connectivity index (χ2v) is 17.1. The summed E-state index contributed by atoms with van der Waals surface area (Å²) in [6.45, 7) is 0.650. The fourth-order valence-electron chi connectivity index (χ4n) is 8.97. The van der Waals surface area contributed by atoms with Crippen LogP contribution in [-0.2, 0) is 68.5 Å². The van der Waals surface area contributed by atoms with E-state index in [0.717, 1.165) is 30.4 Å². The number of pyridine rings is 3. The molecule has 0 saturated heterocycles. The molecule has 382 valence electrons. The third-order valence-electron chi connectivity index (χ3n) is 12.9. The lowest BCUT2D eigenvalue weighted by molar-refractivity contribution is 0.707. The van der Waals surface area contributed by atoms with Crippen molar-refractivity contribution in [1.82, 2.24) is 42.4 Å². The maximum atomic E-state index is 12.9. The Morgan fingerprint density at radius 2 is 0.760 bits per heavy atom. The molecule has 0 aliphatic rings. The Morgan fingerprint density at radius 3 is 1.13 bits per heavy atom. The van der Waals surface area contributed by atoms with Crippen molar-refractivity contribution in [1.29, 1.82) is 10.5 Å². The quantitative estimate of drug-likeness (QED) is 0.112. The van der Waals surface area contributed by atoms with Crippen LogP contribution >= 0.6 is 0 Å². The highest BCUT2D eigenvalue weighted by atomic mass is 16.2. The Bertz CT molecular complexity index is 4300. The van der Waals surface area contributed by atoms with Crippen LogP contribution in [-0.4, -0.2) is 42.4 Å². The summed E-state index contributed by atoms with van der Waals surface area (Å²) in [7, 11) is 8.77. The van der Waals surface area contributed by atoms with Gasteiger partial charge in [0.15, 0.2) is 16.9 Å². The van der Waals surface area contributed by atoms with Crippen LogP contribution in [0.3, 0.4) is 0 Å². The molecule has 6 heterocycles. The summed E-state index contributed by atoms with van der Waals surface area (Å²) in [6, 6.07) is 25.6. The Labute approximate surface area is 425 Å². The van der Waals surface area contributed by atoms with Crippen LogP contribution in [0.1, 0.15) is 33.4 Å². The first kappa shape index (κ1) is 53.0. The van der Waals surface area contributed by atoms with Gasteiger partial charge in [-0.05, 0) is 28.3 Å². The van der Waals surface area contributed by atoms with Gasteiger partial charge in [0, 0.05) is 102 Å². The number of fused-ring (bicyclic) bond motifs is 3. The van der Waals surface area contributed by atoms with Gasteiger partial charge in [0.25, 0.3) is 16.7 Å². The highest BCUT2D eigenvalue weighted by Crippen LogP contribution is 2.36. The van der Waals surface area contributed by atoms with E-state index in [1.165, 1.54) is 48.9 Å². The first-order valence-corrected chi connectivity index (χ1v) is 22.8. The molecule has 3 aromatic carbocycles. The van der Waals surface area contributed by atoms with Crippen LogP contribution in [0.5, 0.6) is 0 Å². The molecular formula is C51H52N18O6.